The first kappa shape index (κ1) is 11.3. The van der Waals surface area contributed by atoms with Crippen molar-refractivity contribution < 1.29 is 4.52 Å². The normalized spacial score (nSPS) is 16.9. The molecule has 0 saturated carbocycles. The molecule has 1 fully saturated rings. The molecule has 2 aromatic heterocycles. The fourth-order valence-corrected chi connectivity index (χ4v) is 2.26. The molecule has 0 radical (unpaired) electrons. The fraction of sp³-hybridized carbons (Fsp3) is 0.462. The summed E-state index contributed by atoms with van der Waals surface area (Å²) in [4.78, 5) is 8.50. The summed E-state index contributed by atoms with van der Waals surface area (Å²) in [5.74, 6) is 2.00. The Labute approximate surface area is 106 Å². The minimum atomic E-state index is 0.446. The van der Waals surface area contributed by atoms with Crippen LogP contribution in [0, 0.1) is 0 Å². The molecule has 3 heterocycles. The molecule has 5 nitrogen and oxygen atoms in total. The van der Waals surface area contributed by atoms with Crippen molar-refractivity contribution in [3.8, 4) is 0 Å². The molecule has 0 atom stereocenters. The zero-order valence-corrected chi connectivity index (χ0v) is 10.2. The van der Waals surface area contributed by atoms with E-state index in [1.165, 1.54) is 0 Å². The van der Waals surface area contributed by atoms with Gasteiger partial charge in [-0.25, -0.2) is 0 Å². The first-order valence-electron chi connectivity index (χ1n) is 6.34. The molecule has 1 aliphatic heterocycles. The van der Waals surface area contributed by atoms with Crippen LogP contribution in [0.5, 0.6) is 0 Å². The standard InChI is InChI=1S/C13H16N4O/c1-5-14-6-2-10(1)9-12-16-13(17-18-12)11-3-7-15-8-4-11/h1-2,5-6,11,15H,3-4,7-9H2. The maximum absolute atomic E-state index is 5.32. The second kappa shape index (κ2) is 5.27. The van der Waals surface area contributed by atoms with E-state index >= 15 is 0 Å². The highest BCUT2D eigenvalue weighted by molar-refractivity contribution is 5.14. The minimum absolute atomic E-state index is 0.446. The number of nitrogens with zero attached hydrogens (tertiary/aromatic N) is 3. The van der Waals surface area contributed by atoms with Crippen LogP contribution in [-0.2, 0) is 6.42 Å². The lowest BCUT2D eigenvalue weighted by atomic mass is 9.98. The predicted molar refractivity (Wildman–Crippen MR) is 66.2 cm³/mol. The van der Waals surface area contributed by atoms with Gasteiger partial charge in [-0.3, -0.25) is 4.98 Å². The van der Waals surface area contributed by atoms with Gasteiger partial charge in [0.05, 0.1) is 6.42 Å². The number of rotatable bonds is 3. The molecule has 0 aliphatic carbocycles. The van der Waals surface area contributed by atoms with Gasteiger partial charge < -0.3 is 9.84 Å². The molecular weight excluding hydrogens is 228 g/mol. The maximum atomic E-state index is 5.32. The van der Waals surface area contributed by atoms with Crippen molar-refractivity contribution in [2.45, 2.75) is 25.2 Å². The first-order valence-corrected chi connectivity index (χ1v) is 6.34. The smallest absolute Gasteiger partial charge is 0.231 e. The van der Waals surface area contributed by atoms with Gasteiger partial charge in [0.25, 0.3) is 0 Å². The van der Waals surface area contributed by atoms with Gasteiger partial charge in [-0.2, -0.15) is 4.98 Å². The van der Waals surface area contributed by atoms with Gasteiger partial charge in [0, 0.05) is 18.3 Å². The van der Waals surface area contributed by atoms with E-state index in [0.29, 0.717) is 18.2 Å². The number of nitrogens with one attached hydrogen (secondary N) is 1. The monoisotopic (exact) mass is 244 g/mol. The quantitative estimate of drug-likeness (QED) is 0.887. The van der Waals surface area contributed by atoms with Crippen molar-refractivity contribution >= 4 is 0 Å². The molecule has 0 aromatic carbocycles. The number of hydrogen-bond acceptors (Lipinski definition) is 5. The summed E-state index contributed by atoms with van der Waals surface area (Å²) in [6.45, 7) is 2.08. The van der Waals surface area contributed by atoms with Crippen molar-refractivity contribution in [3.05, 3.63) is 41.8 Å². The van der Waals surface area contributed by atoms with E-state index in [1.54, 1.807) is 12.4 Å². The Balaban J connectivity index is 1.69. The third-order valence-electron chi connectivity index (χ3n) is 3.29. The second-order valence-electron chi connectivity index (χ2n) is 4.60. The summed E-state index contributed by atoms with van der Waals surface area (Å²) in [5, 5.41) is 7.44. The Hall–Kier alpha value is -1.75. The van der Waals surface area contributed by atoms with Crippen LogP contribution < -0.4 is 5.32 Å². The summed E-state index contributed by atoms with van der Waals surface area (Å²) >= 11 is 0. The highest BCUT2D eigenvalue weighted by Crippen LogP contribution is 2.22. The third-order valence-corrected chi connectivity index (χ3v) is 3.29. The molecule has 1 N–H and O–H groups in total. The Kier molecular flexibility index (Phi) is 3.32. The molecule has 2 aromatic rings. The van der Waals surface area contributed by atoms with Gasteiger partial charge in [-0.1, -0.05) is 5.16 Å². The lowest BCUT2D eigenvalue weighted by Crippen LogP contribution is -2.27. The lowest BCUT2D eigenvalue weighted by Gasteiger charge is -2.18. The maximum Gasteiger partial charge on any atom is 0.231 e. The Bertz CT molecular complexity index is 491. The largest absolute Gasteiger partial charge is 0.339 e. The van der Waals surface area contributed by atoms with Crippen molar-refractivity contribution in [3.63, 3.8) is 0 Å². The van der Waals surface area contributed by atoms with Gasteiger partial charge in [0.15, 0.2) is 5.82 Å². The Morgan fingerprint density at radius 2 is 2.00 bits per heavy atom. The molecule has 0 bridgehead atoms. The molecule has 0 amide bonds. The van der Waals surface area contributed by atoms with Crippen LogP contribution in [0.2, 0.25) is 0 Å². The highest BCUT2D eigenvalue weighted by atomic mass is 16.5. The Morgan fingerprint density at radius 1 is 1.22 bits per heavy atom. The summed E-state index contributed by atoms with van der Waals surface area (Å²) in [7, 11) is 0. The van der Waals surface area contributed by atoms with Gasteiger partial charge in [-0.15, -0.1) is 0 Å². The van der Waals surface area contributed by atoms with Gasteiger partial charge in [-0.05, 0) is 43.6 Å². The van der Waals surface area contributed by atoms with Gasteiger partial charge >= 0.3 is 0 Å². The zero-order valence-electron chi connectivity index (χ0n) is 10.2. The summed E-state index contributed by atoms with van der Waals surface area (Å²) in [6, 6.07) is 3.93. The minimum Gasteiger partial charge on any atom is -0.339 e. The van der Waals surface area contributed by atoms with Crippen LogP contribution in [-0.4, -0.2) is 28.2 Å². The number of hydrogen-bond donors (Lipinski definition) is 1. The number of piperidine rings is 1. The first-order chi connectivity index (χ1) is 8.92. The van der Waals surface area contributed by atoms with Crippen LogP contribution in [0.1, 0.15) is 36.0 Å². The molecule has 1 aliphatic rings. The second-order valence-corrected chi connectivity index (χ2v) is 4.60. The van der Waals surface area contributed by atoms with E-state index in [0.717, 1.165) is 37.3 Å². The van der Waals surface area contributed by atoms with Crippen LogP contribution >= 0.6 is 0 Å². The number of pyridine rings is 1. The van der Waals surface area contributed by atoms with E-state index in [9.17, 15) is 0 Å². The fourth-order valence-electron chi connectivity index (χ4n) is 2.26. The molecule has 0 unspecified atom stereocenters. The molecule has 18 heavy (non-hydrogen) atoms. The molecule has 94 valence electrons. The SMILES string of the molecule is c1cc(Cc2nc(C3CCNCC3)no2)ccn1. The van der Waals surface area contributed by atoms with Crippen LogP contribution in [0.25, 0.3) is 0 Å². The van der Waals surface area contributed by atoms with E-state index in [-0.39, 0.29) is 0 Å². The summed E-state index contributed by atoms with van der Waals surface area (Å²) in [5.41, 5.74) is 1.14. The van der Waals surface area contributed by atoms with E-state index in [1.807, 2.05) is 12.1 Å². The van der Waals surface area contributed by atoms with Gasteiger partial charge in [0.1, 0.15) is 0 Å². The van der Waals surface area contributed by atoms with Crippen LogP contribution in [0.3, 0.4) is 0 Å². The van der Waals surface area contributed by atoms with Gasteiger partial charge in [0.2, 0.25) is 5.89 Å². The number of aromatic nitrogens is 3. The lowest BCUT2D eigenvalue weighted by molar-refractivity contribution is 0.365. The average molecular weight is 244 g/mol. The van der Waals surface area contributed by atoms with Crippen molar-refractivity contribution in [2.75, 3.05) is 13.1 Å². The van der Waals surface area contributed by atoms with E-state index < -0.39 is 0 Å². The average Bonchev–Trinajstić information content (AvgIpc) is 2.89. The van der Waals surface area contributed by atoms with Crippen molar-refractivity contribution in [2.24, 2.45) is 0 Å². The van der Waals surface area contributed by atoms with Crippen molar-refractivity contribution in [1.82, 2.24) is 20.4 Å². The van der Waals surface area contributed by atoms with Crippen LogP contribution in [0.15, 0.2) is 29.0 Å². The molecule has 3 rings (SSSR count). The van der Waals surface area contributed by atoms with E-state index in [2.05, 4.69) is 20.4 Å². The van der Waals surface area contributed by atoms with Crippen LogP contribution in [0.4, 0.5) is 0 Å². The molecule has 5 heteroatoms. The molecular formula is C13H16N4O. The summed E-state index contributed by atoms with van der Waals surface area (Å²) in [6.07, 6.45) is 6.42. The topological polar surface area (TPSA) is 63.8 Å². The highest BCUT2D eigenvalue weighted by Gasteiger charge is 2.20. The molecule has 0 spiro atoms. The third kappa shape index (κ3) is 2.56. The zero-order chi connectivity index (χ0) is 12.2. The summed E-state index contributed by atoms with van der Waals surface area (Å²) < 4.78 is 5.32. The van der Waals surface area contributed by atoms with E-state index in [4.69, 9.17) is 4.52 Å². The predicted octanol–water partition coefficient (Wildman–Crippen LogP) is 1.52. The Morgan fingerprint density at radius 3 is 2.78 bits per heavy atom. The van der Waals surface area contributed by atoms with Crippen molar-refractivity contribution in [1.29, 1.82) is 0 Å². The molecule has 1 saturated heterocycles.